The van der Waals surface area contributed by atoms with Gasteiger partial charge in [0.05, 0.1) is 4.88 Å². The maximum Gasteiger partial charge on any atom is 0.193 e. The number of rotatable bonds is 3. The van der Waals surface area contributed by atoms with Gasteiger partial charge in [-0.25, -0.2) is 4.98 Å². The van der Waals surface area contributed by atoms with Crippen LogP contribution in [0, 0.1) is 0 Å². The van der Waals surface area contributed by atoms with E-state index < -0.39 is 0 Å². The largest absolute Gasteiger partial charge is 0.355 e. The van der Waals surface area contributed by atoms with Gasteiger partial charge in [0.2, 0.25) is 0 Å². The quantitative estimate of drug-likeness (QED) is 0.722. The number of piperidine rings is 1. The van der Waals surface area contributed by atoms with Crippen LogP contribution >= 0.6 is 11.3 Å². The van der Waals surface area contributed by atoms with Crippen LogP contribution in [-0.4, -0.2) is 28.3 Å². The lowest BCUT2D eigenvalue weighted by Gasteiger charge is -2.29. The number of anilines is 1. The number of hydrogen-bond donors (Lipinski definition) is 0. The lowest BCUT2D eigenvalue weighted by atomic mass is 10.1. The van der Waals surface area contributed by atoms with Crippen molar-refractivity contribution in [2.24, 2.45) is 0 Å². The first-order valence-electron chi connectivity index (χ1n) is 8.01. The van der Waals surface area contributed by atoms with Gasteiger partial charge >= 0.3 is 0 Å². The molecule has 1 aliphatic heterocycles. The van der Waals surface area contributed by atoms with Gasteiger partial charge in [0, 0.05) is 18.7 Å². The first kappa shape index (κ1) is 14.3. The molecule has 0 unspecified atom stereocenters. The van der Waals surface area contributed by atoms with Crippen LogP contribution in [0.4, 0.5) is 5.82 Å². The summed E-state index contributed by atoms with van der Waals surface area (Å²) >= 11 is 1.65. The van der Waals surface area contributed by atoms with Crippen molar-refractivity contribution in [2.45, 2.75) is 19.3 Å². The molecule has 0 saturated carbocycles. The summed E-state index contributed by atoms with van der Waals surface area (Å²) in [5.41, 5.74) is 1.96. The molecule has 1 aromatic carbocycles. The van der Waals surface area contributed by atoms with Crippen molar-refractivity contribution >= 4 is 17.2 Å². The first-order chi connectivity index (χ1) is 11.4. The van der Waals surface area contributed by atoms with E-state index in [0.717, 1.165) is 40.9 Å². The van der Waals surface area contributed by atoms with Crippen molar-refractivity contribution in [3.8, 4) is 22.0 Å². The summed E-state index contributed by atoms with van der Waals surface area (Å²) in [6.07, 6.45) is 3.73. The standard InChI is InChI=1S/C18H18N4S/c1-3-8-14(9-4-1)16-18(22-11-5-2-6-12-22)19-17(21-20-16)15-10-7-13-23-15/h1,3-4,7-10,13H,2,5-6,11-12H2. The predicted octanol–water partition coefficient (Wildman–Crippen LogP) is 4.26. The molecule has 4 nitrogen and oxygen atoms in total. The van der Waals surface area contributed by atoms with Gasteiger partial charge in [-0.15, -0.1) is 21.5 Å². The van der Waals surface area contributed by atoms with E-state index in [1.165, 1.54) is 19.3 Å². The van der Waals surface area contributed by atoms with Gasteiger partial charge in [-0.1, -0.05) is 36.4 Å². The van der Waals surface area contributed by atoms with Crippen LogP contribution in [0.25, 0.3) is 22.0 Å². The van der Waals surface area contributed by atoms with Crippen LogP contribution in [0.2, 0.25) is 0 Å². The fourth-order valence-corrected chi connectivity index (χ4v) is 3.59. The zero-order valence-electron chi connectivity index (χ0n) is 12.9. The number of hydrogen-bond acceptors (Lipinski definition) is 5. The van der Waals surface area contributed by atoms with Gasteiger partial charge in [-0.05, 0) is 30.7 Å². The lowest BCUT2D eigenvalue weighted by Crippen LogP contribution is -2.31. The van der Waals surface area contributed by atoms with Crippen molar-refractivity contribution < 1.29 is 0 Å². The molecule has 3 heterocycles. The van der Waals surface area contributed by atoms with Crippen molar-refractivity contribution in [3.63, 3.8) is 0 Å². The van der Waals surface area contributed by atoms with E-state index >= 15 is 0 Å². The van der Waals surface area contributed by atoms with Crippen LogP contribution < -0.4 is 4.90 Å². The minimum atomic E-state index is 0.722. The molecule has 0 atom stereocenters. The molecular formula is C18H18N4S. The molecule has 0 radical (unpaired) electrons. The Morgan fingerprint density at radius 3 is 2.43 bits per heavy atom. The van der Waals surface area contributed by atoms with E-state index in [0.29, 0.717) is 0 Å². The van der Waals surface area contributed by atoms with Crippen LogP contribution in [0.5, 0.6) is 0 Å². The number of aromatic nitrogens is 3. The zero-order valence-corrected chi connectivity index (χ0v) is 13.7. The SMILES string of the molecule is c1ccc(-c2nnc(-c3cccs3)nc2N2CCCCC2)cc1. The van der Waals surface area contributed by atoms with E-state index in [1.54, 1.807) is 11.3 Å². The third-order valence-corrected chi connectivity index (χ3v) is 4.98. The molecule has 116 valence electrons. The molecule has 0 aliphatic carbocycles. The van der Waals surface area contributed by atoms with Gasteiger partial charge < -0.3 is 4.90 Å². The molecular weight excluding hydrogens is 304 g/mol. The third kappa shape index (κ3) is 2.97. The average Bonchev–Trinajstić information content (AvgIpc) is 3.17. The van der Waals surface area contributed by atoms with Crippen LogP contribution in [0.3, 0.4) is 0 Å². The van der Waals surface area contributed by atoms with E-state index in [4.69, 9.17) is 4.98 Å². The fourth-order valence-electron chi connectivity index (χ4n) is 2.94. The highest BCUT2D eigenvalue weighted by Gasteiger charge is 2.20. The number of thiophene rings is 1. The molecule has 1 aliphatic rings. The zero-order chi connectivity index (χ0) is 15.5. The van der Waals surface area contributed by atoms with Crippen molar-refractivity contribution in [2.75, 3.05) is 18.0 Å². The molecule has 0 amide bonds. The Bertz CT molecular complexity index is 765. The van der Waals surface area contributed by atoms with E-state index in [2.05, 4.69) is 27.2 Å². The molecule has 23 heavy (non-hydrogen) atoms. The molecule has 0 spiro atoms. The van der Waals surface area contributed by atoms with Crippen LogP contribution in [-0.2, 0) is 0 Å². The summed E-state index contributed by atoms with van der Waals surface area (Å²) in [6.45, 7) is 2.09. The summed E-state index contributed by atoms with van der Waals surface area (Å²) in [5, 5.41) is 11.0. The Labute approximate surface area is 139 Å². The van der Waals surface area contributed by atoms with Crippen molar-refractivity contribution in [1.82, 2.24) is 15.2 Å². The Morgan fingerprint density at radius 2 is 1.70 bits per heavy atom. The summed E-state index contributed by atoms with van der Waals surface area (Å²) in [4.78, 5) is 8.30. The molecule has 4 rings (SSSR count). The Balaban J connectivity index is 1.81. The predicted molar refractivity (Wildman–Crippen MR) is 94.6 cm³/mol. The van der Waals surface area contributed by atoms with Crippen molar-refractivity contribution in [1.29, 1.82) is 0 Å². The smallest absolute Gasteiger partial charge is 0.193 e. The van der Waals surface area contributed by atoms with E-state index in [1.807, 2.05) is 35.7 Å². The fraction of sp³-hybridized carbons (Fsp3) is 0.278. The molecule has 3 aromatic rings. The maximum absolute atomic E-state index is 4.88. The Hall–Kier alpha value is -2.27. The van der Waals surface area contributed by atoms with Crippen molar-refractivity contribution in [3.05, 3.63) is 47.8 Å². The van der Waals surface area contributed by atoms with Crippen LogP contribution in [0.15, 0.2) is 47.8 Å². The molecule has 1 fully saturated rings. The van der Waals surface area contributed by atoms with E-state index in [9.17, 15) is 0 Å². The molecule has 2 aromatic heterocycles. The first-order valence-corrected chi connectivity index (χ1v) is 8.89. The summed E-state index contributed by atoms with van der Waals surface area (Å²) in [5.74, 6) is 1.69. The van der Waals surface area contributed by atoms with Gasteiger partial charge in [-0.3, -0.25) is 0 Å². The van der Waals surface area contributed by atoms with Crippen LogP contribution in [0.1, 0.15) is 19.3 Å². The average molecular weight is 322 g/mol. The topological polar surface area (TPSA) is 41.9 Å². The molecule has 5 heteroatoms. The highest BCUT2D eigenvalue weighted by molar-refractivity contribution is 7.13. The highest BCUT2D eigenvalue weighted by atomic mass is 32.1. The monoisotopic (exact) mass is 322 g/mol. The number of nitrogens with zero attached hydrogens (tertiary/aromatic N) is 4. The van der Waals surface area contributed by atoms with Gasteiger partial charge in [0.25, 0.3) is 0 Å². The lowest BCUT2D eigenvalue weighted by molar-refractivity contribution is 0.572. The Kier molecular flexibility index (Phi) is 4.03. The minimum Gasteiger partial charge on any atom is -0.355 e. The second-order valence-electron chi connectivity index (χ2n) is 5.70. The van der Waals surface area contributed by atoms with Gasteiger partial charge in [0.1, 0.15) is 5.69 Å². The summed E-state index contributed by atoms with van der Waals surface area (Å²) in [6, 6.07) is 14.3. The third-order valence-electron chi connectivity index (χ3n) is 4.11. The minimum absolute atomic E-state index is 0.722. The van der Waals surface area contributed by atoms with Gasteiger partial charge in [0.15, 0.2) is 11.6 Å². The second-order valence-corrected chi connectivity index (χ2v) is 6.65. The summed E-state index contributed by atoms with van der Waals surface area (Å²) < 4.78 is 0. The van der Waals surface area contributed by atoms with E-state index in [-0.39, 0.29) is 0 Å². The second kappa shape index (κ2) is 6.46. The molecule has 0 bridgehead atoms. The Morgan fingerprint density at radius 1 is 0.870 bits per heavy atom. The highest BCUT2D eigenvalue weighted by Crippen LogP contribution is 2.31. The summed E-state index contributed by atoms with van der Waals surface area (Å²) in [7, 11) is 0. The normalized spacial score (nSPS) is 14.9. The maximum atomic E-state index is 4.88. The molecule has 0 N–H and O–H groups in total. The van der Waals surface area contributed by atoms with Gasteiger partial charge in [-0.2, -0.15) is 0 Å². The number of benzene rings is 1. The molecule has 1 saturated heterocycles.